The molecule has 0 saturated heterocycles. The molecular weight excluding hydrogens is 220 g/mol. The summed E-state index contributed by atoms with van der Waals surface area (Å²) in [6.07, 6.45) is 0. The molecule has 0 unspecified atom stereocenters. The van der Waals surface area contributed by atoms with Crippen LogP contribution in [-0.2, 0) is 0 Å². The zero-order valence-electron chi connectivity index (χ0n) is 10.1. The van der Waals surface area contributed by atoms with Crippen LogP contribution in [-0.4, -0.2) is 9.38 Å². The Morgan fingerprint density at radius 2 is 1.61 bits per heavy atom. The molecule has 0 saturated carbocycles. The van der Waals surface area contributed by atoms with Crippen LogP contribution in [0.1, 0.15) is 5.69 Å². The molecule has 0 aliphatic rings. The first kappa shape index (κ1) is 9.66. The average molecular weight is 232 g/mol. The van der Waals surface area contributed by atoms with Crippen molar-refractivity contribution >= 4 is 27.5 Å². The number of aromatic nitrogens is 2. The van der Waals surface area contributed by atoms with E-state index < -0.39 is 0 Å². The highest BCUT2D eigenvalue weighted by atomic mass is 15.0. The minimum Gasteiger partial charge on any atom is -0.294 e. The molecule has 0 amide bonds. The summed E-state index contributed by atoms with van der Waals surface area (Å²) in [5, 5.41) is 2.45. The van der Waals surface area contributed by atoms with Gasteiger partial charge in [-0.05, 0) is 25.1 Å². The lowest BCUT2D eigenvalue weighted by Crippen LogP contribution is -1.93. The van der Waals surface area contributed by atoms with Gasteiger partial charge < -0.3 is 0 Å². The van der Waals surface area contributed by atoms with E-state index in [2.05, 4.69) is 65.9 Å². The van der Waals surface area contributed by atoms with E-state index in [9.17, 15) is 0 Å². The van der Waals surface area contributed by atoms with Gasteiger partial charge in [0.05, 0.1) is 11.0 Å². The predicted molar refractivity (Wildman–Crippen MR) is 74.9 cm³/mol. The molecule has 2 heterocycles. The van der Waals surface area contributed by atoms with Crippen molar-refractivity contribution in [3.8, 4) is 0 Å². The first-order valence-corrected chi connectivity index (χ1v) is 6.10. The molecule has 2 aromatic heterocycles. The van der Waals surface area contributed by atoms with Gasteiger partial charge in [0.1, 0.15) is 5.65 Å². The zero-order valence-corrected chi connectivity index (χ0v) is 10.1. The van der Waals surface area contributed by atoms with Gasteiger partial charge in [-0.3, -0.25) is 4.40 Å². The smallest absolute Gasteiger partial charge is 0.138 e. The average Bonchev–Trinajstić information content (AvgIpc) is 2.77. The molecule has 18 heavy (non-hydrogen) atoms. The number of hydrogen-bond acceptors (Lipinski definition) is 1. The van der Waals surface area contributed by atoms with Crippen molar-refractivity contribution in [2.75, 3.05) is 0 Å². The second-order valence-electron chi connectivity index (χ2n) is 4.61. The van der Waals surface area contributed by atoms with Crippen molar-refractivity contribution in [2.24, 2.45) is 0 Å². The molecule has 4 rings (SSSR count). The molecule has 0 radical (unpaired) electrons. The maximum Gasteiger partial charge on any atom is 0.138 e. The van der Waals surface area contributed by atoms with Crippen LogP contribution in [0.4, 0.5) is 0 Å². The normalized spacial score (nSPS) is 11.6. The quantitative estimate of drug-likeness (QED) is 0.448. The summed E-state index contributed by atoms with van der Waals surface area (Å²) >= 11 is 0. The molecule has 0 N–H and O–H groups in total. The minimum absolute atomic E-state index is 1.02. The summed E-state index contributed by atoms with van der Waals surface area (Å²) in [5.74, 6) is 0. The van der Waals surface area contributed by atoms with Crippen LogP contribution in [0.3, 0.4) is 0 Å². The monoisotopic (exact) mass is 232 g/mol. The van der Waals surface area contributed by atoms with E-state index >= 15 is 0 Å². The number of fused-ring (bicyclic) bond motifs is 5. The van der Waals surface area contributed by atoms with E-state index in [-0.39, 0.29) is 0 Å². The molecule has 0 fully saturated rings. The number of para-hydroxylation sites is 2. The first-order valence-electron chi connectivity index (χ1n) is 6.10. The second-order valence-corrected chi connectivity index (χ2v) is 4.61. The Hall–Kier alpha value is -2.35. The fraction of sp³-hybridized carbons (Fsp3) is 0.0625. The molecule has 2 heteroatoms. The Morgan fingerprint density at radius 1 is 0.889 bits per heavy atom. The van der Waals surface area contributed by atoms with Crippen molar-refractivity contribution in [1.82, 2.24) is 9.38 Å². The molecular formula is C16H12N2. The summed E-state index contributed by atoms with van der Waals surface area (Å²) in [6, 6.07) is 19.0. The molecule has 0 bridgehead atoms. The molecule has 2 nitrogen and oxygen atoms in total. The molecule has 4 aromatic rings. The molecule has 0 aliphatic carbocycles. The van der Waals surface area contributed by atoms with Crippen LogP contribution in [0.15, 0.2) is 54.6 Å². The van der Waals surface area contributed by atoms with Crippen molar-refractivity contribution in [3.63, 3.8) is 0 Å². The fourth-order valence-corrected chi connectivity index (χ4v) is 2.68. The third-order valence-electron chi connectivity index (χ3n) is 3.51. The molecule has 0 atom stereocenters. The third-order valence-corrected chi connectivity index (χ3v) is 3.51. The van der Waals surface area contributed by atoms with E-state index in [1.54, 1.807) is 0 Å². The zero-order chi connectivity index (χ0) is 12.1. The summed E-state index contributed by atoms with van der Waals surface area (Å²) < 4.78 is 2.23. The number of hydrogen-bond donors (Lipinski definition) is 0. The number of nitrogens with zero attached hydrogens (tertiary/aromatic N) is 2. The Bertz CT molecular complexity index is 887. The van der Waals surface area contributed by atoms with Crippen LogP contribution >= 0.6 is 0 Å². The van der Waals surface area contributed by atoms with Gasteiger partial charge in [0.15, 0.2) is 0 Å². The number of benzene rings is 2. The number of aryl methyl sites for hydroxylation is 1. The van der Waals surface area contributed by atoms with Gasteiger partial charge in [-0.1, -0.05) is 36.4 Å². The molecule has 0 aliphatic heterocycles. The Morgan fingerprint density at radius 3 is 2.50 bits per heavy atom. The molecule has 2 aromatic carbocycles. The van der Waals surface area contributed by atoms with Gasteiger partial charge in [-0.15, -0.1) is 0 Å². The highest BCUT2D eigenvalue weighted by Crippen LogP contribution is 2.25. The molecule has 0 spiro atoms. The Kier molecular flexibility index (Phi) is 1.78. The minimum atomic E-state index is 1.02. The predicted octanol–water partition coefficient (Wildman–Crippen LogP) is 3.95. The Balaban J connectivity index is 2.39. The van der Waals surface area contributed by atoms with Crippen LogP contribution < -0.4 is 0 Å². The Labute approximate surface area is 104 Å². The van der Waals surface area contributed by atoms with Crippen molar-refractivity contribution in [2.45, 2.75) is 6.92 Å². The molecule has 86 valence electrons. The maximum absolute atomic E-state index is 4.70. The summed E-state index contributed by atoms with van der Waals surface area (Å²) in [7, 11) is 0. The van der Waals surface area contributed by atoms with Crippen LogP contribution in [0.25, 0.3) is 27.5 Å². The highest BCUT2D eigenvalue weighted by Gasteiger charge is 2.08. The van der Waals surface area contributed by atoms with Gasteiger partial charge in [-0.25, -0.2) is 4.98 Å². The van der Waals surface area contributed by atoms with E-state index in [0.29, 0.717) is 0 Å². The van der Waals surface area contributed by atoms with E-state index in [1.807, 2.05) is 0 Å². The van der Waals surface area contributed by atoms with Gasteiger partial charge in [0.2, 0.25) is 0 Å². The summed E-state index contributed by atoms with van der Waals surface area (Å²) in [4.78, 5) is 4.70. The van der Waals surface area contributed by atoms with Crippen molar-refractivity contribution < 1.29 is 0 Å². The van der Waals surface area contributed by atoms with Gasteiger partial charge in [0.25, 0.3) is 0 Å². The lowest BCUT2D eigenvalue weighted by Gasteiger charge is -2.06. The van der Waals surface area contributed by atoms with Crippen LogP contribution in [0.2, 0.25) is 0 Å². The second kappa shape index (κ2) is 3.33. The third kappa shape index (κ3) is 1.15. The van der Waals surface area contributed by atoms with E-state index in [4.69, 9.17) is 4.98 Å². The van der Waals surface area contributed by atoms with E-state index in [0.717, 1.165) is 11.3 Å². The lowest BCUT2D eigenvalue weighted by atomic mass is 10.2. The standard InChI is InChI=1S/C16H12N2/c1-11-13-7-3-5-9-15(13)18-14-8-4-2-6-12(14)10-16(18)17-11/h2-10H,1H3. The van der Waals surface area contributed by atoms with Crippen molar-refractivity contribution in [3.05, 3.63) is 60.3 Å². The van der Waals surface area contributed by atoms with Crippen LogP contribution in [0, 0.1) is 6.92 Å². The lowest BCUT2D eigenvalue weighted by molar-refractivity contribution is 1.18. The van der Waals surface area contributed by atoms with Crippen molar-refractivity contribution in [1.29, 1.82) is 0 Å². The topological polar surface area (TPSA) is 17.3 Å². The van der Waals surface area contributed by atoms with Crippen LogP contribution in [0.5, 0.6) is 0 Å². The SMILES string of the molecule is Cc1nc2cc3ccccc3n2c2ccccc12. The van der Waals surface area contributed by atoms with Gasteiger partial charge in [-0.2, -0.15) is 0 Å². The number of rotatable bonds is 0. The fourth-order valence-electron chi connectivity index (χ4n) is 2.68. The largest absolute Gasteiger partial charge is 0.294 e. The summed E-state index contributed by atoms with van der Waals surface area (Å²) in [6.45, 7) is 2.07. The summed E-state index contributed by atoms with van der Waals surface area (Å²) in [5.41, 5.74) is 4.55. The van der Waals surface area contributed by atoms with E-state index in [1.165, 1.54) is 21.8 Å². The van der Waals surface area contributed by atoms with Gasteiger partial charge in [0, 0.05) is 16.5 Å². The first-order chi connectivity index (χ1) is 8.84. The maximum atomic E-state index is 4.70. The highest BCUT2D eigenvalue weighted by molar-refractivity contribution is 5.93. The van der Waals surface area contributed by atoms with Gasteiger partial charge >= 0.3 is 0 Å².